The van der Waals surface area contributed by atoms with E-state index in [4.69, 9.17) is 11.6 Å². The van der Waals surface area contributed by atoms with Gasteiger partial charge in [0.15, 0.2) is 6.29 Å². The molecule has 0 amide bonds. The molecule has 19 heavy (non-hydrogen) atoms. The average Bonchev–Trinajstić information content (AvgIpc) is 2.46. The van der Waals surface area contributed by atoms with Gasteiger partial charge >= 0.3 is 0 Å². The number of rotatable bonds is 2. The van der Waals surface area contributed by atoms with Crippen molar-refractivity contribution in [1.82, 2.24) is 4.98 Å². The minimum atomic E-state index is 0.300. The maximum atomic E-state index is 11.4. The fourth-order valence-electron chi connectivity index (χ4n) is 2.74. The van der Waals surface area contributed by atoms with E-state index < -0.39 is 0 Å². The number of carbonyl (C=O) groups is 1. The Hall–Kier alpha value is -1.61. The molecule has 0 unspecified atom stereocenters. The first-order chi connectivity index (χ1) is 9.31. The van der Waals surface area contributed by atoms with Crippen LogP contribution in [0, 0.1) is 0 Å². The zero-order chi connectivity index (χ0) is 13.2. The number of halogens is 1. The molecule has 0 atom stereocenters. The predicted octanol–water partition coefficient (Wildman–Crippen LogP) is 3.69. The minimum absolute atomic E-state index is 0.300. The molecule has 0 saturated carbocycles. The van der Waals surface area contributed by atoms with Crippen molar-refractivity contribution in [1.29, 1.82) is 0 Å². The zero-order valence-electron chi connectivity index (χ0n) is 10.6. The second-order valence-corrected chi connectivity index (χ2v) is 5.21. The van der Waals surface area contributed by atoms with Crippen LogP contribution in [0.15, 0.2) is 24.3 Å². The van der Waals surface area contributed by atoms with Crippen molar-refractivity contribution >= 4 is 34.5 Å². The van der Waals surface area contributed by atoms with Crippen LogP contribution in [0.2, 0.25) is 5.15 Å². The van der Waals surface area contributed by atoms with Gasteiger partial charge in [0, 0.05) is 18.5 Å². The van der Waals surface area contributed by atoms with Crippen molar-refractivity contribution in [3.63, 3.8) is 0 Å². The lowest BCUT2D eigenvalue weighted by atomic mass is 10.0. The molecule has 1 aromatic heterocycles. The van der Waals surface area contributed by atoms with Crippen LogP contribution in [0.25, 0.3) is 10.9 Å². The third-order valence-electron chi connectivity index (χ3n) is 3.65. The summed E-state index contributed by atoms with van der Waals surface area (Å²) in [5, 5.41) is 1.31. The highest BCUT2D eigenvalue weighted by Crippen LogP contribution is 2.34. The van der Waals surface area contributed by atoms with Gasteiger partial charge in [0.2, 0.25) is 0 Å². The van der Waals surface area contributed by atoms with Crippen LogP contribution in [-0.4, -0.2) is 24.4 Å². The summed E-state index contributed by atoms with van der Waals surface area (Å²) in [5.41, 5.74) is 2.31. The number of carbonyl (C=O) groups excluding carboxylic acids is 1. The number of hydrogen-bond acceptors (Lipinski definition) is 3. The number of aromatic nitrogens is 1. The third kappa shape index (κ3) is 2.19. The second-order valence-electron chi connectivity index (χ2n) is 4.85. The predicted molar refractivity (Wildman–Crippen MR) is 78.2 cm³/mol. The zero-order valence-corrected chi connectivity index (χ0v) is 11.4. The summed E-state index contributed by atoms with van der Waals surface area (Å²) >= 11 is 6.16. The van der Waals surface area contributed by atoms with Crippen molar-refractivity contribution in [2.24, 2.45) is 0 Å². The summed E-state index contributed by atoms with van der Waals surface area (Å²) in [7, 11) is 0. The molecule has 1 aliphatic heterocycles. The summed E-state index contributed by atoms with van der Waals surface area (Å²) < 4.78 is 0. The maximum Gasteiger partial charge on any atom is 0.155 e. The molecule has 2 aromatic rings. The van der Waals surface area contributed by atoms with E-state index in [-0.39, 0.29) is 0 Å². The Bertz CT molecular complexity index is 621. The molecule has 3 nitrogen and oxygen atoms in total. The molecule has 0 bridgehead atoms. The SMILES string of the molecule is O=Cc1c(Cl)nc2ccccc2c1N1CCCCC1. The van der Waals surface area contributed by atoms with Crippen LogP contribution in [0.3, 0.4) is 0 Å². The highest BCUT2D eigenvalue weighted by molar-refractivity contribution is 6.33. The Morgan fingerprint density at radius 3 is 2.63 bits per heavy atom. The molecule has 4 heteroatoms. The van der Waals surface area contributed by atoms with Gasteiger partial charge in [0.25, 0.3) is 0 Å². The van der Waals surface area contributed by atoms with Crippen LogP contribution in [0.4, 0.5) is 5.69 Å². The molecule has 1 saturated heterocycles. The monoisotopic (exact) mass is 274 g/mol. The van der Waals surface area contributed by atoms with E-state index in [1.54, 1.807) is 0 Å². The largest absolute Gasteiger partial charge is 0.370 e. The summed E-state index contributed by atoms with van der Waals surface area (Å²) in [6.45, 7) is 1.95. The number of para-hydroxylation sites is 1. The molecule has 1 aromatic carbocycles. The van der Waals surface area contributed by atoms with Crippen molar-refractivity contribution in [2.45, 2.75) is 19.3 Å². The van der Waals surface area contributed by atoms with Crippen LogP contribution >= 0.6 is 11.6 Å². The first kappa shape index (κ1) is 12.4. The molecule has 98 valence electrons. The van der Waals surface area contributed by atoms with Crippen molar-refractivity contribution in [3.05, 3.63) is 35.0 Å². The normalized spacial score (nSPS) is 15.7. The van der Waals surface area contributed by atoms with Crippen LogP contribution in [0.5, 0.6) is 0 Å². The fourth-order valence-corrected chi connectivity index (χ4v) is 2.97. The van der Waals surface area contributed by atoms with Gasteiger partial charge in [-0.2, -0.15) is 0 Å². The Balaban J connectivity index is 2.25. The van der Waals surface area contributed by atoms with Gasteiger partial charge in [-0.1, -0.05) is 29.8 Å². The van der Waals surface area contributed by atoms with Gasteiger partial charge in [-0.05, 0) is 25.3 Å². The van der Waals surface area contributed by atoms with E-state index >= 15 is 0 Å². The van der Waals surface area contributed by atoms with Gasteiger partial charge in [0.05, 0.1) is 16.8 Å². The lowest BCUT2D eigenvalue weighted by Gasteiger charge is -2.31. The number of pyridine rings is 1. The third-order valence-corrected chi connectivity index (χ3v) is 3.93. The van der Waals surface area contributed by atoms with Gasteiger partial charge < -0.3 is 4.90 Å². The highest BCUT2D eigenvalue weighted by atomic mass is 35.5. The number of benzene rings is 1. The Morgan fingerprint density at radius 1 is 1.16 bits per heavy atom. The van der Waals surface area contributed by atoms with Crippen LogP contribution < -0.4 is 4.90 Å². The smallest absolute Gasteiger partial charge is 0.155 e. The summed E-state index contributed by atoms with van der Waals surface area (Å²) in [6.07, 6.45) is 4.40. The topological polar surface area (TPSA) is 33.2 Å². The van der Waals surface area contributed by atoms with Crippen molar-refractivity contribution in [2.75, 3.05) is 18.0 Å². The van der Waals surface area contributed by atoms with Crippen molar-refractivity contribution < 1.29 is 4.79 Å². The molecule has 3 rings (SSSR count). The molecule has 0 radical (unpaired) electrons. The van der Waals surface area contributed by atoms with Gasteiger partial charge in [-0.15, -0.1) is 0 Å². The van der Waals surface area contributed by atoms with Gasteiger partial charge in [-0.25, -0.2) is 4.98 Å². The summed E-state index contributed by atoms with van der Waals surface area (Å²) in [5.74, 6) is 0. The lowest BCUT2D eigenvalue weighted by Crippen LogP contribution is -2.30. The average molecular weight is 275 g/mol. The first-order valence-electron chi connectivity index (χ1n) is 6.59. The van der Waals surface area contributed by atoms with E-state index in [0.29, 0.717) is 10.7 Å². The highest BCUT2D eigenvalue weighted by Gasteiger charge is 2.20. The molecule has 0 spiro atoms. The number of anilines is 1. The lowest BCUT2D eigenvalue weighted by molar-refractivity contribution is 0.112. The second kappa shape index (κ2) is 5.17. The number of nitrogens with zero attached hydrogens (tertiary/aromatic N) is 2. The molecule has 1 fully saturated rings. The van der Waals surface area contributed by atoms with Crippen LogP contribution in [0.1, 0.15) is 29.6 Å². The summed E-state index contributed by atoms with van der Waals surface area (Å²) in [4.78, 5) is 18.0. The van der Waals surface area contributed by atoms with Gasteiger partial charge in [-0.3, -0.25) is 4.79 Å². The minimum Gasteiger partial charge on any atom is -0.370 e. The molecular weight excluding hydrogens is 260 g/mol. The molecule has 0 N–H and O–H groups in total. The fraction of sp³-hybridized carbons (Fsp3) is 0.333. The van der Waals surface area contributed by atoms with E-state index in [2.05, 4.69) is 9.88 Å². The molecule has 0 aliphatic carbocycles. The quantitative estimate of drug-likeness (QED) is 0.618. The van der Waals surface area contributed by atoms with E-state index in [9.17, 15) is 4.79 Å². The van der Waals surface area contributed by atoms with E-state index in [0.717, 1.165) is 48.8 Å². The molecule has 2 heterocycles. The van der Waals surface area contributed by atoms with Gasteiger partial charge in [0.1, 0.15) is 5.15 Å². The Kier molecular flexibility index (Phi) is 3.38. The Morgan fingerprint density at radius 2 is 1.89 bits per heavy atom. The number of aldehydes is 1. The first-order valence-corrected chi connectivity index (χ1v) is 6.97. The summed E-state index contributed by atoms with van der Waals surface area (Å²) in [6, 6.07) is 7.85. The van der Waals surface area contributed by atoms with Crippen LogP contribution in [-0.2, 0) is 0 Å². The van der Waals surface area contributed by atoms with Crippen molar-refractivity contribution in [3.8, 4) is 0 Å². The Labute approximate surface area is 117 Å². The molecular formula is C15H15ClN2O. The number of piperidine rings is 1. The standard InChI is InChI=1S/C15H15ClN2O/c16-15-12(10-19)14(18-8-4-1-5-9-18)11-6-2-3-7-13(11)17-15/h2-3,6-7,10H,1,4-5,8-9H2. The number of fused-ring (bicyclic) bond motifs is 1. The van der Waals surface area contributed by atoms with E-state index in [1.807, 2.05) is 24.3 Å². The molecule has 1 aliphatic rings. The number of hydrogen-bond donors (Lipinski definition) is 0. The maximum absolute atomic E-state index is 11.4. The van der Waals surface area contributed by atoms with E-state index in [1.165, 1.54) is 6.42 Å².